The monoisotopic (exact) mass is 356 g/mol. The molecule has 1 fully saturated rings. The Morgan fingerprint density at radius 3 is 2.58 bits per heavy atom. The van der Waals surface area contributed by atoms with Crippen LogP contribution in [0.4, 0.5) is 0 Å². The van der Waals surface area contributed by atoms with Crippen molar-refractivity contribution in [3.63, 3.8) is 0 Å². The largest absolute Gasteiger partial charge is 0.351 e. The molecule has 0 spiro atoms. The minimum atomic E-state index is -0.658. The van der Waals surface area contributed by atoms with Crippen molar-refractivity contribution in [1.82, 2.24) is 19.8 Å². The number of hydrogen-bond acceptors (Lipinski definition) is 4. The van der Waals surface area contributed by atoms with Crippen molar-refractivity contribution >= 4 is 5.91 Å². The third-order valence-corrected chi connectivity index (χ3v) is 4.92. The van der Waals surface area contributed by atoms with E-state index in [1.807, 2.05) is 6.07 Å². The summed E-state index contributed by atoms with van der Waals surface area (Å²) in [6.07, 6.45) is 3.48. The zero-order valence-corrected chi connectivity index (χ0v) is 14.9. The first-order valence-electron chi connectivity index (χ1n) is 8.90. The molecule has 2 heterocycles. The number of carbonyl (C=O) groups excluding carboxylic acids is 1. The highest BCUT2D eigenvalue weighted by Crippen LogP contribution is 2.27. The van der Waals surface area contributed by atoms with Gasteiger partial charge in [-0.25, -0.2) is 4.79 Å². The van der Waals surface area contributed by atoms with Crippen LogP contribution in [0.2, 0.25) is 0 Å². The number of benzene rings is 1. The molecule has 7 heteroatoms. The number of aromatic nitrogens is 2. The van der Waals surface area contributed by atoms with Gasteiger partial charge in [0, 0.05) is 26.3 Å². The normalized spacial score (nSPS) is 15.7. The average Bonchev–Trinajstić information content (AvgIpc) is 2.66. The lowest BCUT2D eigenvalue weighted by Gasteiger charge is -2.32. The lowest BCUT2D eigenvalue weighted by molar-refractivity contribution is 0.0943. The number of nitrogens with one attached hydrogen (secondary N) is 2. The van der Waals surface area contributed by atoms with Gasteiger partial charge in [0.15, 0.2) is 0 Å². The summed E-state index contributed by atoms with van der Waals surface area (Å²) in [6, 6.07) is 10.6. The van der Waals surface area contributed by atoms with E-state index >= 15 is 0 Å². The van der Waals surface area contributed by atoms with E-state index in [1.165, 1.54) is 23.4 Å². The predicted octanol–water partition coefficient (Wildman–Crippen LogP) is 0.683. The van der Waals surface area contributed by atoms with Crippen molar-refractivity contribution in [3.05, 3.63) is 68.5 Å². The molecule has 138 valence electrons. The average molecular weight is 356 g/mol. The molecule has 1 amide bonds. The number of amides is 1. The van der Waals surface area contributed by atoms with Gasteiger partial charge in [0.2, 0.25) is 0 Å². The van der Waals surface area contributed by atoms with Crippen LogP contribution < -0.4 is 16.6 Å². The fraction of sp³-hybridized carbons (Fsp3) is 0.421. The summed E-state index contributed by atoms with van der Waals surface area (Å²) in [4.78, 5) is 39.7. The van der Waals surface area contributed by atoms with Gasteiger partial charge in [0.1, 0.15) is 5.56 Å². The molecule has 2 N–H and O–H groups in total. The Morgan fingerprint density at radius 1 is 1.19 bits per heavy atom. The Hall–Kier alpha value is -2.67. The van der Waals surface area contributed by atoms with Crippen molar-refractivity contribution in [2.24, 2.45) is 7.05 Å². The van der Waals surface area contributed by atoms with Crippen LogP contribution in [0.25, 0.3) is 0 Å². The molecule has 0 radical (unpaired) electrons. The SMILES string of the molecule is Cn1cc(C(=O)NCCN2CCC(c3ccccc3)CC2)c(=O)[nH]c1=O. The van der Waals surface area contributed by atoms with Crippen LogP contribution in [0.3, 0.4) is 0 Å². The van der Waals surface area contributed by atoms with Crippen LogP contribution in [-0.2, 0) is 7.05 Å². The van der Waals surface area contributed by atoms with Crippen LogP contribution in [-0.4, -0.2) is 46.5 Å². The fourth-order valence-corrected chi connectivity index (χ4v) is 3.36. The molecule has 1 aliphatic heterocycles. The van der Waals surface area contributed by atoms with Crippen molar-refractivity contribution < 1.29 is 4.79 Å². The highest BCUT2D eigenvalue weighted by atomic mass is 16.2. The molecule has 2 aromatic rings. The van der Waals surface area contributed by atoms with Crippen molar-refractivity contribution in [2.45, 2.75) is 18.8 Å². The summed E-state index contributed by atoms with van der Waals surface area (Å²) in [5, 5.41) is 2.76. The second-order valence-electron chi connectivity index (χ2n) is 6.70. The molecule has 0 aliphatic carbocycles. The van der Waals surface area contributed by atoms with Crippen molar-refractivity contribution in [1.29, 1.82) is 0 Å². The first-order valence-corrected chi connectivity index (χ1v) is 8.90. The van der Waals surface area contributed by atoms with E-state index in [0.717, 1.165) is 32.5 Å². The molecule has 1 saturated heterocycles. The molecule has 26 heavy (non-hydrogen) atoms. The quantitative estimate of drug-likeness (QED) is 0.825. The Bertz CT molecular complexity index is 864. The van der Waals surface area contributed by atoms with Gasteiger partial charge in [-0.2, -0.15) is 0 Å². The van der Waals surface area contributed by atoms with E-state index in [1.54, 1.807) is 0 Å². The molecular formula is C19H24N4O3. The maximum atomic E-state index is 12.1. The highest BCUT2D eigenvalue weighted by molar-refractivity contribution is 5.93. The first kappa shape index (κ1) is 18.1. The van der Waals surface area contributed by atoms with Gasteiger partial charge in [-0.15, -0.1) is 0 Å². The van der Waals surface area contributed by atoms with E-state index in [2.05, 4.69) is 39.5 Å². The lowest BCUT2D eigenvalue weighted by Crippen LogP contribution is -2.41. The molecule has 0 unspecified atom stereocenters. The van der Waals surface area contributed by atoms with E-state index < -0.39 is 17.2 Å². The smallest absolute Gasteiger partial charge is 0.328 e. The van der Waals surface area contributed by atoms with Crippen LogP contribution >= 0.6 is 0 Å². The number of aryl methyl sites for hydroxylation is 1. The molecule has 3 rings (SSSR count). The van der Waals surface area contributed by atoms with Gasteiger partial charge in [0.25, 0.3) is 11.5 Å². The van der Waals surface area contributed by atoms with E-state index in [9.17, 15) is 14.4 Å². The zero-order chi connectivity index (χ0) is 18.5. The van der Waals surface area contributed by atoms with E-state index in [0.29, 0.717) is 12.5 Å². The third kappa shape index (κ3) is 4.29. The topological polar surface area (TPSA) is 87.2 Å². The molecule has 1 aromatic carbocycles. The molecule has 1 aromatic heterocycles. The lowest BCUT2D eigenvalue weighted by atomic mass is 9.89. The Morgan fingerprint density at radius 2 is 1.88 bits per heavy atom. The first-order chi connectivity index (χ1) is 12.5. The van der Waals surface area contributed by atoms with Gasteiger partial charge >= 0.3 is 5.69 Å². The van der Waals surface area contributed by atoms with Gasteiger partial charge in [-0.1, -0.05) is 30.3 Å². The number of H-pyrrole nitrogens is 1. The maximum Gasteiger partial charge on any atom is 0.328 e. The van der Waals surface area contributed by atoms with Gasteiger partial charge < -0.3 is 14.8 Å². The number of hydrogen-bond donors (Lipinski definition) is 2. The minimum Gasteiger partial charge on any atom is -0.351 e. The Balaban J connectivity index is 1.46. The van der Waals surface area contributed by atoms with Crippen LogP contribution in [0.5, 0.6) is 0 Å². The Labute approximate surface area is 151 Å². The summed E-state index contributed by atoms with van der Waals surface area (Å²) < 4.78 is 1.19. The summed E-state index contributed by atoms with van der Waals surface area (Å²) in [5.41, 5.74) is 0.159. The third-order valence-electron chi connectivity index (χ3n) is 4.92. The number of nitrogens with zero attached hydrogens (tertiary/aromatic N) is 2. The summed E-state index contributed by atoms with van der Waals surface area (Å²) >= 11 is 0. The zero-order valence-electron chi connectivity index (χ0n) is 14.9. The summed E-state index contributed by atoms with van der Waals surface area (Å²) in [5.74, 6) is 0.146. The van der Waals surface area contributed by atoms with Crippen LogP contribution in [0.1, 0.15) is 34.7 Å². The van der Waals surface area contributed by atoms with E-state index in [4.69, 9.17) is 0 Å². The highest BCUT2D eigenvalue weighted by Gasteiger charge is 2.20. The molecule has 1 aliphatic rings. The molecular weight excluding hydrogens is 332 g/mol. The Kier molecular flexibility index (Phi) is 5.68. The number of aromatic amines is 1. The number of likely N-dealkylation sites (tertiary alicyclic amines) is 1. The number of piperidine rings is 1. The molecule has 0 bridgehead atoms. The predicted molar refractivity (Wildman–Crippen MR) is 99.5 cm³/mol. The molecule has 7 nitrogen and oxygen atoms in total. The fourth-order valence-electron chi connectivity index (χ4n) is 3.36. The van der Waals surface area contributed by atoms with E-state index in [-0.39, 0.29) is 5.56 Å². The van der Waals surface area contributed by atoms with Gasteiger partial charge in [-0.05, 0) is 37.4 Å². The second-order valence-corrected chi connectivity index (χ2v) is 6.70. The maximum absolute atomic E-state index is 12.1. The number of carbonyl (C=O) groups is 1. The minimum absolute atomic E-state index is 0.0464. The van der Waals surface area contributed by atoms with Gasteiger partial charge in [-0.3, -0.25) is 14.6 Å². The van der Waals surface area contributed by atoms with Crippen LogP contribution in [0, 0.1) is 0 Å². The summed E-state index contributed by atoms with van der Waals surface area (Å²) in [7, 11) is 1.49. The number of rotatable bonds is 5. The second kappa shape index (κ2) is 8.14. The summed E-state index contributed by atoms with van der Waals surface area (Å²) in [6.45, 7) is 3.21. The van der Waals surface area contributed by atoms with Crippen molar-refractivity contribution in [2.75, 3.05) is 26.2 Å². The standard InChI is InChI=1S/C19H24N4O3/c1-22-13-16(18(25)21-19(22)26)17(24)20-9-12-23-10-7-15(8-11-23)14-5-3-2-4-6-14/h2-6,13,15H,7-12H2,1H3,(H,20,24)(H,21,25,26). The molecule has 0 saturated carbocycles. The van der Waals surface area contributed by atoms with Crippen molar-refractivity contribution in [3.8, 4) is 0 Å². The van der Waals surface area contributed by atoms with Crippen LogP contribution in [0.15, 0.2) is 46.1 Å². The van der Waals surface area contributed by atoms with Gasteiger partial charge in [0.05, 0.1) is 0 Å². The molecule has 0 atom stereocenters.